The van der Waals surface area contributed by atoms with Crippen LogP contribution >= 0.6 is 0 Å². The van der Waals surface area contributed by atoms with Crippen LogP contribution in [-0.2, 0) is 14.3 Å². The fourth-order valence-corrected chi connectivity index (χ4v) is 4.60. The number of nitrogens with one attached hydrogen (secondary N) is 4. The zero-order valence-corrected chi connectivity index (χ0v) is 29.0. The number of amides is 5. The van der Waals surface area contributed by atoms with Crippen molar-refractivity contribution in [2.75, 3.05) is 44.7 Å². The molecular weight excluding hydrogens is 622 g/mol. The van der Waals surface area contributed by atoms with Gasteiger partial charge in [-0.15, -0.1) is 4.99 Å². The van der Waals surface area contributed by atoms with Crippen molar-refractivity contribution in [1.29, 1.82) is 0 Å². The van der Waals surface area contributed by atoms with Gasteiger partial charge in [0.15, 0.2) is 0 Å². The summed E-state index contributed by atoms with van der Waals surface area (Å²) in [7, 11) is 1.64. The van der Waals surface area contributed by atoms with Crippen LogP contribution in [0, 0.1) is 0 Å². The van der Waals surface area contributed by atoms with Crippen molar-refractivity contribution in [3.05, 3.63) is 30.3 Å². The first kappa shape index (κ1) is 41.5. The molecule has 0 saturated heterocycles. The number of carbonyl (C=O) groups is 5. The van der Waals surface area contributed by atoms with Crippen LogP contribution in [0.1, 0.15) is 85.5 Å². The molecule has 5 amide bonds. The average Bonchev–Trinajstić information content (AvgIpc) is 2.99. The van der Waals surface area contributed by atoms with Gasteiger partial charge in [0.1, 0.15) is 5.60 Å². The Morgan fingerprint density at radius 3 is 1.90 bits per heavy atom. The molecule has 270 valence electrons. The van der Waals surface area contributed by atoms with Gasteiger partial charge in [0.2, 0.25) is 5.96 Å². The second-order valence-corrected chi connectivity index (χ2v) is 12.6. The van der Waals surface area contributed by atoms with Crippen molar-refractivity contribution in [1.82, 2.24) is 26.2 Å². The van der Waals surface area contributed by atoms with Crippen molar-refractivity contribution in [3.8, 4) is 0 Å². The number of rotatable bonds is 19. The Morgan fingerprint density at radius 1 is 0.792 bits per heavy atom. The number of para-hydroxylation sites is 1. The molecule has 6 N–H and O–H groups in total. The summed E-state index contributed by atoms with van der Waals surface area (Å²) in [5.41, 5.74) is 0.295. The van der Waals surface area contributed by atoms with Gasteiger partial charge < -0.3 is 40.7 Å². The monoisotopic (exact) mass is 677 g/mol. The Balaban J connectivity index is 2.23. The third kappa shape index (κ3) is 20.5. The van der Waals surface area contributed by atoms with E-state index >= 15 is 0 Å². The van der Waals surface area contributed by atoms with E-state index in [0.29, 0.717) is 39.0 Å². The molecule has 1 rings (SSSR count). The van der Waals surface area contributed by atoms with Crippen LogP contribution in [0.5, 0.6) is 0 Å². The SMILES string of the molecule is CC(CCN(CCCCNC(=O)C(=O)NCCCCCCCCN(C)/C(=N\C(=O)OC(C)(C)C)NC(=O)O)c1ccccc1)NC(=O)O. The molecule has 0 radical (unpaired) electrons. The number of aliphatic imine (C=N–C) groups is 1. The zero-order chi connectivity index (χ0) is 36.0. The number of hydrogen-bond donors (Lipinski definition) is 6. The number of nitrogens with zero attached hydrogens (tertiary/aromatic N) is 3. The highest BCUT2D eigenvalue weighted by Gasteiger charge is 2.19. The standard InChI is InChI=1S/C33H55N7O8/c1-25(36-30(43)44)19-24-40(26-17-11-10-12-18-26)23-16-14-21-35-28(42)27(41)34-20-13-8-6-7-9-15-22-39(5)29(37-31(45)46)38-32(47)48-33(2,3)4/h10-12,17-18,25,36H,6-9,13-16,19-24H2,1-5H3,(H,34,41)(H,35,42)(H,43,44)(H,45,46)(H,37,38,47). The van der Waals surface area contributed by atoms with Gasteiger partial charge in [-0.25, -0.2) is 14.4 Å². The molecule has 1 aromatic rings. The second kappa shape index (κ2) is 22.9. The Morgan fingerprint density at radius 2 is 1.33 bits per heavy atom. The number of ether oxygens (including phenoxy) is 1. The minimum absolute atomic E-state index is 0.0967. The Hall–Kier alpha value is -4.56. The van der Waals surface area contributed by atoms with E-state index in [-0.39, 0.29) is 12.0 Å². The van der Waals surface area contributed by atoms with E-state index in [1.807, 2.05) is 37.3 Å². The van der Waals surface area contributed by atoms with Crippen molar-refractivity contribution in [3.63, 3.8) is 0 Å². The number of hydrogen-bond acceptors (Lipinski definition) is 7. The molecule has 0 bridgehead atoms. The maximum Gasteiger partial charge on any atom is 0.437 e. The molecule has 1 unspecified atom stereocenters. The summed E-state index contributed by atoms with van der Waals surface area (Å²) < 4.78 is 5.13. The summed E-state index contributed by atoms with van der Waals surface area (Å²) in [4.78, 5) is 65.8. The Labute approximate surface area is 283 Å². The normalized spacial score (nSPS) is 12.0. The molecule has 0 aliphatic carbocycles. The van der Waals surface area contributed by atoms with Crippen LogP contribution < -0.4 is 26.2 Å². The van der Waals surface area contributed by atoms with Gasteiger partial charge in [0, 0.05) is 51.5 Å². The third-order valence-corrected chi connectivity index (χ3v) is 7.05. The molecule has 0 saturated carbocycles. The first-order chi connectivity index (χ1) is 22.7. The summed E-state index contributed by atoms with van der Waals surface area (Å²) in [5.74, 6) is -1.40. The van der Waals surface area contributed by atoms with Gasteiger partial charge in [0.25, 0.3) is 0 Å². The van der Waals surface area contributed by atoms with Gasteiger partial charge in [-0.05, 0) is 71.9 Å². The van der Waals surface area contributed by atoms with Gasteiger partial charge in [-0.1, -0.05) is 43.9 Å². The van der Waals surface area contributed by atoms with Gasteiger partial charge in [0.05, 0.1) is 0 Å². The lowest BCUT2D eigenvalue weighted by Crippen LogP contribution is -2.42. The lowest BCUT2D eigenvalue weighted by molar-refractivity contribution is -0.139. The van der Waals surface area contributed by atoms with Gasteiger partial charge in [-0.3, -0.25) is 14.9 Å². The molecule has 48 heavy (non-hydrogen) atoms. The quantitative estimate of drug-likeness (QED) is 0.0528. The molecular formula is C33H55N7O8. The highest BCUT2D eigenvalue weighted by atomic mass is 16.6. The summed E-state index contributed by atoms with van der Waals surface area (Å²) in [6, 6.07) is 9.69. The van der Waals surface area contributed by atoms with Crippen LogP contribution in [0.4, 0.5) is 20.1 Å². The summed E-state index contributed by atoms with van der Waals surface area (Å²) in [5, 5.41) is 27.9. The van der Waals surface area contributed by atoms with Crippen LogP contribution in [0.2, 0.25) is 0 Å². The zero-order valence-electron chi connectivity index (χ0n) is 29.0. The van der Waals surface area contributed by atoms with Crippen molar-refractivity contribution < 1.29 is 38.9 Å². The molecule has 1 atom stereocenters. The van der Waals surface area contributed by atoms with Crippen LogP contribution in [0.15, 0.2) is 35.3 Å². The highest BCUT2D eigenvalue weighted by Crippen LogP contribution is 2.15. The number of carboxylic acid groups (broad SMARTS) is 2. The van der Waals surface area contributed by atoms with E-state index in [2.05, 4.69) is 31.2 Å². The van der Waals surface area contributed by atoms with E-state index < -0.39 is 35.7 Å². The molecule has 15 heteroatoms. The van der Waals surface area contributed by atoms with Gasteiger partial charge in [-0.2, -0.15) is 0 Å². The smallest absolute Gasteiger partial charge is 0.437 e. The van der Waals surface area contributed by atoms with Crippen molar-refractivity contribution in [2.24, 2.45) is 4.99 Å². The van der Waals surface area contributed by atoms with E-state index in [1.54, 1.807) is 32.7 Å². The Kier molecular flexibility index (Phi) is 19.8. The lowest BCUT2D eigenvalue weighted by Gasteiger charge is -2.26. The van der Waals surface area contributed by atoms with E-state index in [9.17, 15) is 24.0 Å². The molecule has 0 spiro atoms. The van der Waals surface area contributed by atoms with E-state index in [0.717, 1.165) is 57.2 Å². The first-order valence-corrected chi connectivity index (χ1v) is 16.6. The molecule has 0 heterocycles. The maximum atomic E-state index is 12.2. The molecule has 0 fully saturated rings. The molecule has 1 aromatic carbocycles. The van der Waals surface area contributed by atoms with Crippen LogP contribution in [0.25, 0.3) is 0 Å². The largest absolute Gasteiger partial charge is 0.465 e. The maximum absolute atomic E-state index is 12.2. The molecule has 0 aliphatic rings. The van der Waals surface area contributed by atoms with Crippen molar-refractivity contribution in [2.45, 2.75) is 97.1 Å². The fraction of sp³-hybridized carbons (Fsp3) is 0.636. The predicted molar refractivity (Wildman–Crippen MR) is 184 cm³/mol. The van der Waals surface area contributed by atoms with Crippen LogP contribution in [0.3, 0.4) is 0 Å². The molecule has 0 aromatic heterocycles. The number of benzene rings is 1. The lowest BCUT2D eigenvalue weighted by atomic mass is 10.1. The summed E-state index contributed by atoms with van der Waals surface area (Å²) in [6.45, 7) is 9.60. The minimum atomic E-state index is -1.33. The minimum Gasteiger partial charge on any atom is -0.465 e. The third-order valence-electron chi connectivity index (χ3n) is 7.05. The van der Waals surface area contributed by atoms with Gasteiger partial charge >= 0.3 is 30.1 Å². The van der Waals surface area contributed by atoms with E-state index in [4.69, 9.17) is 14.9 Å². The Bertz CT molecular complexity index is 1170. The fourth-order valence-electron chi connectivity index (χ4n) is 4.60. The number of guanidine groups is 1. The number of anilines is 1. The molecule has 15 nitrogen and oxygen atoms in total. The van der Waals surface area contributed by atoms with Crippen LogP contribution in [-0.4, -0.2) is 103 Å². The summed E-state index contributed by atoms with van der Waals surface area (Å²) in [6.07, 6.45) is 4.03. The first-order valence-electron chi connectivity index (χ1n) is 16.6. The average molecular weight is 678 g/mol. The number of unbranched alkanes of at least 4 members (excludes halogenated alkanes) is 6. The summed E-state index contributed by atoms with van der Waals surface area (Å²) >= 11 is 0. The molecule has 0 aliphatic heterocycles. The predicted octanol–water partition coefficient (Wildman–Crippen LogP) is 4.38. The number of carbonyl (C=O) groups excluding carboxylic acids is 3. The highest BCUT2D eigenvalue weighted by molar-refractivity contribution is 6.35. The van der Waals surface area contributed by atoms with Crippen molar-refractivity contribution >= 4 is 41.7 Å². The van der Waals surface area contributed by atoms with E-state index in [1.165, 1.54) is 0 Å². The second-order valence-electron chi connectivity index (χ2n) is 12.6. The topological polar surface area (TPSA) is 202 Å².